The summed E-state index contributed by atoms with van der Waals surface area (Å²) < 4.78 is 2.00. The third kappa shape index (κ3) is 3.80. The number of hydrogen-bond donors (Lipinski definition) is 3. The van der Waals surface area contributed by atoms with Gasteiger partial charge in [0.25, 0.3) is 0 Å². The molecule has 0 fully saturated rings. The molecule has 3 aromatic rings. The molecule has 2 heterocycles. The van der Waals surface area contributed by atoms with Crippen molar-refractivity contribution in [3.05, 3.63) is 58.5 Å². The first-order valence-corrected chi connectivity index (χ1v) is 9.12. The quantitative estimate of drug-likeness (QED) is 0.646. The number of hydrogen-bond acceptors (Lipinski definition) is 4. The van der Waals surface area contributed by atoms with Gasteiger partial charge >= 0.3 is 0 Å². The van der Waals surface area contributed by atoms with Crippen LogP contribution in [0.3, 0.4) is 0 Å². The fraction of sp³-hybridized carbons (Fsp3) is 0.333. The Morgan fingerprint density at radius 1 is 1.22 bits per heavy atom. The summed E-state index contributed by atoms with van der Waals surface area (Å²) in [5.74, 6) is -0.218. The van der Waals surface area contributed by atoms with Crippen molar-refractivity contribution in [2.45, 2.75) is 47.2 Å². The van der Waals surface area contributed by atoms with E-state index in [1.807, 2.05) is 30.5 Å². The SMILES string of the molecule is Cc1cccc(C)c1CNc1cc(NC(=O)[C@H](C)N)cn2c(C)c(C)nc12. The van der Waals surface area contributed by atoms with Crippen LogP contribution in [0.5, 0.6) is 0 Å². The van der Waals surface area contributed by atoms with Crippen molar-refractivity contribution in [2.24, 2.45) is 5.73 Å². The van der Waals surface area contributed by atoms with Crippen molar-refractivity contribution in [3.63, 3.8) is 0 Å². The number of aromatic nitrogens is 2. The van der Waals surface area contributed by atoms with Gasteiger partial charge in [0.2, 0.25) is 5.91 Å². The minimum absolute atomic E-state index is 0.218. The van der Waals surface area contributed by atoms with Gasteiger partial charge in [-0.2, -0.15) is 0 Å². The number of anilines is 2. The lowest BCUT2D eigenvalue weighted by molar-refractivity contribution is -0.117. The Morgan fingerprint density at radius 3 is 2.52 bits per heavy atom. The van der Waals surface area contributed by atoms with E-state index in [4.69, 9.17) is 5.73 Å². The molecule has 4 N–H and O–H groups in total. The number of nitrogens with two attached hydrogens (primary N) is 1. The Morgan fingerprint density at radius 2 is 1.89 bits per heavy atom. The molecule has 0 bridgehead atoms. The van der Waals surface area contributed by atoms with E-state index in [-0.39, 0.29) is 5.91 Å². The van der Waals surface area contributed by atoms with Crippen LogP contribution in [0.15, 0.2) is 30.5 Å². The topological polar surface area (TPSA) is 84.4 Å². The number of carbonyl (C=O) groups is 1. The molecule has 0 aliphatic rings. The highest BCUT2D eigenvalue weighted by Gasteiger charge is 2.14. The summed E-state index contributed by atoms with van der Waals surface area (Å²) in [4.78, 5) is 16.7. The van der Waals surface area contributed by atoms with Gasteiger partial charge < -0.3 is 20.8 Å². The molecular formula is C21H27N5O. The van der Waals surface area contributed by atoms with Crippen molar-refractivity contribution in [3.8, 4) is 0 Å². The molecule has 0 aliphatic carbocycles. The Bertz CT molecular complexity index is 983. The van der Waals surface area contributed by atoms with Crippen molar-refractivity contribution in [2.75, 3.05) is 10.6 Å². The Kier molecular flexibility index (Phi) is 5.19. The zero-order chi connectivity index (χ0) is 19.7. The van der Waals surface area contributed by atoms with Gasteiger partial charge in [-0.25, -0.2) is 4.98 Å². The van der Waals surface area contributed by atoms with Crippen LogP contribution in [-0.4, -0.2) is 21.3 Å². The van der Waals surface area contributed by atoms with Crippen molar-refractivity contribution in [1.29, 1.82) is 0 Å². The van der Waals surface area contributed by atoms with Crippen molar-refractivity contribution < 1.29 is 4.79 Å². The maximum atomic E-state index is 12.0. The second-order valence-corrected chi connectivity index (χ2v) is 7.12. The first-order chi connectivity index (χ1) is 12.8. The smallest absolute Gasteiger partial charge is 0.241 e. The highest BCUT2D eigenvalue weighted by atomic mass is 16.2. The van der Waals surface area contributed by atoms with Crippen LogP contribution in [-0.2, 0) is 11.3 Å². The minimum Gasteiger partial charge on any atom is -0.378 e. The zero-order valence-electron chi connectivity index (χ0n) is 16.6. The number of aryl methyl sites for hydroxylation is 4. The van der Waals surface area contributed by atoms with Crippen LogP contribution in [0.1, 0.15) is 35.0 Å². The minimum atomic E-state index is -0.572. The van der Waals surface area contributed by atoms with E-state index < -0.39 is 6.04 Å². The lowest BCUT2D eigenvalue weighted by Gasteiger charge is -2.15. The number of fused-ring (bicyclic) bond motifs is 1. The van der Waals surface area contributed by atoms with Crippen LogP contribution >= 0.6 is 0 Å². The second kappa shape index (κ2) is 7.40. The molecule has 0 aliphatic heterocycles. The highest BCUT2D eigenvalue weighted by molar-refractivity contribution is 5.95. The van der Waals surface area contributed by atoms with Crippen LogP contribution in [0.25, 0.3) is 5.65 Å². The number of carbonyl (C=O) groups excluding carboxylic acids is 1. The number of nitrogens with zero attached hydrogens (tertiary/aromatic N) is 2. The highest BCUT2D eigenvalue weighted by Crippen LogP contribution is 2.26. The zero-order valence-corrected chi connectivity index (χ0v) is 16.6. The van der Waals surface area contributed by atoms with Gasteiger partial charge in [-0.05, 0) is 57.4 Å². The van der Waals surface area contributed by atoms with E-state index in [1.54, 1.807) is 6.92 Å². The van der Waals surface area contributed by atoms with E-state index in [1.165, 1.54) is 16.7 Å². The molecule has 1 amide bonds. The third-order valence-electron chi connectivity index (χ3n) is 4.98. The number of benzene rings is 1. The molecule has 0 spiro atoms. The average molecular weight is 365 g/mol. The molecule has 0 radical (unpaired) electrons. The predicted octanol–water partition coefficient (Wildman–Crippen LogP) is 3.47. The molecule has 1 atom stereocenters. The maximum Gasteiger partial charge on any atom is 0.241 e. The fourth-order valence-corrected chi connectivity index (χ4v) is 3.14. The lowest BCUT2D eigenvalue weighted by Crippen LogP contribution is -2.32. The number of amides is 1. The van der Waals surface area contributed by atoms with E-state index >= 15 is 0 Å². The molecular weight excluding hydrogens is 338 g/mol. The standard InChI is InChI=1S/C21H27N5O/c1-12-7-6-8-13(2)18(12)10-23-19-9-17(25-21(27)14(3)22)11-26-16(5)15(4)24-20(19)26/h6-9,11,14,23H,10,22H2,1-5H3,(H,25,27)/t14-/m0/s1. The van der Waals surface area contributed by atoms with Crippen molar-refractivity contribution >= 4 is 22.9 Å². The van der Waals surface area contributed by atoms with Gasteiger partial charge in [-0.15, -0.1) is 0 Å². The van der Waals surface area contributed by atoms with Crippen LogP contribution in [0.2, 0.25) is 0 Å². The summed E-state index contributed by atoms with van der Waals surface area (Å²) in [6, 6.07) is 7.63. The molecule has 142 valence electrons. The molecule has 0 saturated heterocycles. The summed E-state index contributed by atoms with van der Waals surface area (Å²) in [7, 11) is 0. The van der Waals surface area contributed by atoms with Gasteiger partial charge in [0.05, 0.1) is 23.1 Å². The normalized spacial score (nSPS) is 12.2. The fourth-order valence-electron chi connectivity index (χ4n) is 3.14. The number of pyridine rings is 1. The molecule has 27 heavy (non-hydrogen) atoms. The summed E-state index contributed by atoms with van der Waals surface area (Å²) in [6.07, 6.45) is 1.88. The molecule has 3 rings (SSSR count). The maximum absolute atomic E-state index is 12.0. The number of imidazole rings is 1. The van der Waals surface area contributed by atoms with E-state index in [9.17, 15) is 4.79 Å². The van der Waals surface area contributed by atoms with Gasteiger partial charge in [0.1, 0.15) is 0 Å². The first kappa shape index (κ1) is 18.9. The van der Waals surface area contributed by atoms with Crippen LogP contribution in [0.4, 0.5) is 11.4 Å². The number of nitrogens with one attached hydrogen (secondary N) is 2. The van der Waals surface area contributed by atoms with Gasteiger partial charge in [0, 0.05) is 18.4 Å². The summed E-state index contributed by atoms with van der Waals surface area (Å²) in [5, 5.41) is 6.38. The van der Waals surface area contributed by atoms with Gasteiger partial charge in [0.15, 0.2) is 5.65 Å². The second-order valence-electron chi connectivity index (χ2n) is 7.12. The Balaban J connectivity index is 2.00. The number of rotatable bonds is 5. The Hall–Kier alpha value is -2.86. The van der Waals surface area contributed by atoms with Gasteiger partial charge in [-0.3, -0.25) is 4.79 Å². The molecule has 0 saturated carbocycles. The summed E-state index contributed by atoms with van der Waals surface area (Å²) >= 11 is 0. The van der Waals surface area contributed by atoms with Gasteiger partial charge in [-0.1, -0.05) is 18.2 Å². The van der Waals surface area contributed by atoms with E-state index in [0.29, 0.717) is 12.2 Å². The average Bonchev–Trinajstić information content (AvgIpc) is 2.89. The van der Waals surface area contributed by atoms with Crippen LogP contribution in [0, 0.1) is 27.7 Å². The first-order valence-electron chi connectivity index (χ1n) is 9.12. The Labute approximate surface area is 159 Å². The van der Waals surface area contributed by atoms with E-state index in [0.717, 1.165) is 22.7 Å². The summed E-state index contributed by atoms with van der Waals surface area (Å²) in [5.41, 5.74) is 13.8. The monoisotopic (exact) mass is 365 g/mol. The molecule has 0 unspecified atom stereocenters. The predicted molar refractivity (Wildman–Crippen MR) is 110 cm³/mol. The molecule has 2 aromatic heterocycles. The lowest BCUT2D eigenvalue weighted by atomic mass is 10.0. The molecule has 6 heteroatoms. The van der Waals surface area contributed by atoms with Crippen molar-refractivity contribution in [1.82, 2.24) is 9.38 Å². The third-order valence-corrected chi connectivity index (χ3v) is 4.98. The molecule has 6 nitrogen and oxygen atoms in total. The summed E-state index contributed by atoms with van der Waals surface area (Å²) in [6.45, 7) is 10.6. The molecule has 1 aromatic carbocycles. The largest absolute Gasteiger partial charge is 0.378 e. The van der Waals surface area contributed by atoms with E-state index in [2.05, 4.69) is 47.7 Å². The van der Waals surface area contributed by atoms with Crippen LogP contribution < -0.4 is 16.4 Å².